The average Bonchev–Trinajstić information content (AvgIpc) is 2.59. The summed E-state index contributed by atoms with van der Waals surface area (Å²) in [5, 5.41) is 8.30. The fourth-order valence-corrected chi connectivity index (χ4v) is 2.13. The van der Waals surface area contributed by atoms with Crippen molar-refractivity contribution >= 4 is 28.9 Å². The summed E-state index contributed by atoms with van der Waals surface area (Å²) in [6.07, 6.45) is 0. The van der Waals surface area contributed by atoms with Crippen LogP contribution in [0.2, 0.25) is 10.0 Å². The van der Waals surface area contributed by atoms with Crippen molar-refractivity contribution in [3.63, 3.8) is 0 Å². The van der Waals surface area contributed by atoms with Gasteiger partial charge in [0.25, 0.3) is 0 Å². The fourth-order valence-electron chi connectivity index (χ4n) is 1.60. The highest BCUT2D eigenvalue weighted by Gasteiger charge is 2.10. The minimum absolute atomic E-state index is 0.588. The lowest BCUT2D eigenvalue weighted by molar-refractivity contribution is 0.392. The first-order valence-corrected chi connectivity index (χ1v) is 5.95. The second kappa shape index (κ2) is 4.98. The van der Waals surface area contributed by atoms with Crippen molar-refractivity contribution in [1.82, 2.24) is 5.16 Å². The van der Waals surface area contributed by atoms with Gasteiger partial charge >= 0.3 is 0 Å². The third-order valence-corrected chi connectivity index (χ3v) is 3.22. The van der Waals surface area contributed by atoms with Crippen molar-refractivity contribution in [3.05, 3.63) is 45.3 Å². The molecule has 1 heterocycles. The molecule has 0 spiro atoms. The van der Waals surface area contributed by atoms with Gasteiger partial charge in [0, 0.05) is 12.1 Å². The van der Waals surface area contributed by atoms with Crippen molar-refractivity contribution in [3.8, 4) is 0 Å². The van der Waals surface area contributed by atoms with E-state index in [0.29, 0.717) is 16.6 Å². The molecule has 5 heteroatoms. The van der Waals surface area contributed by atoms with Gasteiger partial charge in [-0.05, 0) is 26.0 Å². The Bertz CT molecular complexity index is 498. The Hall–Kier alpha value is -1.19. The average molecular weight is 271 g/mol. The van der Waals surface area contributed by atoms with Crippen LogP contribution in [0.4, 0.5) is 5.69 Å². The van der Waals surface area contributed by atoms with E-state index in [1.165, 1.54) is 0 Å². The van der Waals surface area contributed by atoms with E-state index in [2.05, 4.69) is 10.5 Å². The van der Waals surface area contributed by atoms with E-state index in [1.54, 1.807) is 12.1 Å². The van der Waals surface area contributed by atoms with Crippen LogP contribution in [0.25, 0.3) is 0 Å². The summed E-state index contributed by atoms with van der Waals surface area (Å²) in [5.74, 6) is 0.804. The number of anilines is 1. The lowest BCUT2D eigenvalue weighted by atomic mass is 10.2. The van der Waals surface area contributed by atoms with E-state index >= 15 is 0 Å². The molecule has 0 unspecified atom stereocenters. The van der Waals surface area contributed by atoms with Gasteiger partial charge in [0.1, 0.15) is 5.76 Å². The smallest absolute Gasteiger partial charge is 0.138 e. The molecular formula is C12H12Cl2N2O. The third kappa shape index (κ3) is 2.56. The highest BCUT2D eigenvalue weighted by atomic mass is 35.5. The number of hydrogen-bond acceptors (Lipinski definition) is 3. The molecule has 0 atom stereocenters. The molecule has 3 nitrogen and oxygen atoms in total. The summed E-state index contributed by atoms with van der Waals surface area (Å²) in [4.78, 5) is 0. The number of benzene rings is 1. The lowest BCUT2D eigenvalue weighted by Gasteiger charge is -2.09. The number of nitrogens with zero attached hydrogens (tertiary/aromatic N) is 1. The minimum atomic E-state index is 0.588. The Morgan fingerprint density at radius 2 is 1.88 bits per heavy atom. The van der Waals surface area contributed by atoms with E-state index in [0.717, 1.165) is 22.7 Å². The first-order chi connectivity index (χ1) is 8.09. The second-order valence-corrected chi connectivity index (χ2v) is 4.57. The van der Waals surface area contributed by atoms with Crippen molar-refractivity contribution in [2.24, 2.45) is 0 Å². The zero-order valence-electron chi connectivity index (χ0n) is 9.55. The normalized spacial score (nSPS) is 10.6. The van der Waals surface area contributed by atoms with Gasteiger partial charge in [0.15, 0.2) is 0 Å². The van der Waals surface area contributed by atoms with Crippen LogP contribution in [0.5, 0.6) is 0 Å². The van der Waals surface area contributed by atoms with Crippen LogP contribution in [0.15, 0.2) is 22.7 Å². The molecule has 2 aromatic rings. The predicted octanol–water partition coefficient (Wildman–Crippen LogP) is 4.21. The summed E-state index contributed by atoms with van der Waals surface area (Å²) in [7, 11) is 0. The van der Waals surface area contributed by atoms with Crippen LogP contribution in [-0.2, 0) is 6.54 Å². The number of rotatable bonds is 3. The first kappa shape index (κ1) is 12.3. The van der Waals surface area contributed by atoms with Gasteiger partial charge in [-0.3, -0.25) is 0 Å². The maximum absolute atomic E-state index is 6.06. The SMILES string of the molecule is Cc1noc(C)c1CNc1c(Cl)cccc1Cl. The molecule has 0 saturated carbocycles. The van der Waals surface area contributed by atoms with Gasteiger partial charge in [0.2, 0.25) is 0 Å². The highest BCUT2D eigenvalue weighted by Crippen LogP contribution is 2.30. The van der Waals surface area contributed by atoms with Gasteiger partial charge in [-0.25, -0.2) is 0 Å². The standard InChI is InChI=1S/C12H12Cl2N2O/c1-7-9(8(2)17-16-7)6-15-12-10(13)4-3-5-11(12)14/h3-5,15H,6H2,1-2H3. The minimum Gasteiger partial charge on any atom is -0.378 e. The molecule has 1 aromatic carbocycles. The first-order valence-electron chi connectivity index (χ1n) is 5.19. The molecule has 0 aliphatic carbocycles. The van der Waals surface area contributed by atoms with E-state index in [4.69, 9.17) is 27.7 Å². The molecule has 0 aliphatic heterocycles. The van der Waals surface area contributed by atoms with Crippen LogP contribution in [0.1, 0.15) is 17.0 Å². The van der Waals surface area contributed by atoms with Crippen LogP contribution >= 0.6 is 23.2 Å². The monoisotopic (exact) mass is 270 g/mol. The summed E-state index contributed by atoms with van der Waals surface area (Å²) >= 11 is 12.1. The molecule has 1 aromatic heterocycles. The maximum Gasteiger partial charge on any atom is 0.138 e. The second-order valence-electron chi connectivity index (χ2n) is 3.75. The van der Waals surface area contributed by atoms with Crippen LogP contribution < -0.4 is 5.32 Å². The Labute approximate surface area is 110 Å². The highest BCUT2D eigenvalue weighted by molar-refractivity contribution is 6.39. The fraction of sp³-hybridized carbons (Fsp3) is 0.250. The number of halogens is 2. The van der Waals surface area contributed by atoms with E-state index < -0.39 is 0 Å². The molecule has 0 fully saturated rings. The molecule has 17 heavy (non-hydrogen) atoms. The van der Waals surface area contributed by atoms with E-state index in [-0.39, 0.29) is 0 Å². The Morgan fingerprint density at radius 1 is 1.24 bits per heavy atom. The summed E-state index contributed by atoms with van der Waals surface area (Å²) < 4.78 is 5.09. The Balaban J connectivity index is 2.18. The number of aryl methyl sites for hydroxylation is 2. The predicted molar refractivity (Wildman–Crippen MR) is 69.8 cm³/mol. The van der Waals surface area contributed by atoms with Gasteiger partial charge in [-0.1, -0.05) is 34.4 Å². The number of nitrogens with one attached hydrogen (secondary N) is 1. The van der Waals surface area contributed by atoms with Crippen molar-refractivity contribution in [1.29, 1.82) is 0 Å². The molecule has 0 radical (unpaired) electrons. The summed E-state index contributed by atoms with van der Waals surface area (Å²) in [6.45, 7) is 4.37. The van der Waals surface area contributed by atoms with Crippen molar-refractivity contribution in [2.45, 2.75) is 20.4 Å². The number of para-hydroxylation sites is 1. The molecule has 90 valence electrons. The van der Waals surface area contributed by atoms with Gasteiger partial charge in [-0.2, -0.15) is 0 Å². The number of hydrogen-bond donors (Lipinski definition) is 1. The quantitative estimate of drug-likeness (QED) is 0.908. The van der Waals surface area contributed by atoms with Gasteiger partial charge in [0.05, 0.1) is 21.4 Å². The molecule has 0 amide bonds. The Morgan fingerprint density at radius 3 is 2.41 bits per heavy atom. The molecule has 0 saturated heterocycles. The number of aromatic nitrogens is 1. The molecule has 0 aliphatic rings. The molecule has 1 N–H and O–H groups in total. The third-order valence-electron chi connectivity index (χ3n) is 2.59. The van der Waals surface area contributed by atoms with Crippen LogP contribution in [0, 0.1) is 13.8 Å². The lowest BCUT2D eigenvalue weighted by Crippen LogP contribution is -2.02. The summed E-state index contributed by atoms with van der Waals surface area (Å²) in [6, 6.07) is 5.40. The zero-order valence-corrected chi connectivity index (χ0v) is 11.1. The molecule has 0 bridgehead atoms. The van der Waals surface area contributed by atoms with Crippen LogP contribution in [0.3, 0.4) is 0 Å². The van der Waals surface area contributed by atoms with Gasteiger partial charge < -0.3 is 9.84 Å². The van der Waals surface area contributed by atoms with Gasteiger partial charge in [-0.15, -0.1) is 0 Å². The largest absolute Gasteiger partial charge is 0.378 e. The zero-order chi connectivity index (χ0) is 12.4. The van der Waals surface area contributed by atoms with Crippen LogP contribution in [-0.4, -0.2) is 5.16 Å². The van der Waals surface area contributed by atoms with Crippen molar-refractivity contribution in [2.75, 3.05) is 5.32 Å². The molecule has 2 rings (SSSR count). The Kier molecular flexibility index (Phi) is 3.60. The maximum atomic E-state index is 6.06. The topological polar surface area (TPSA) is 38.1 Å². The van der Waals surface area contributed by atoms with E-state index in [1.807, 2.05) is 19.9 Å². The van der Waals surface area contributed by atoms with E-state index in [9.17, 15) is 0 Å². The molecular weight excluding hydrogens is 259 g/mol. The summed E-state index contributed by atoms with van der Waals surface area (Å²) in [5.41, 5.74) is 2.63. The van der Waals surface area contributed by atoms with Crippen molar-refractivity contribution < 1.29 is 4.52 Å².